The van der Waals surface area contributed by atoms with Crippen molar-refractivity contribution in [2.75, 3.05) is 12.4 Å². The van der Waals surface area contributed by atoms with Crippen LogP contribution in [-0.2, 0) is 5.41 Å². The molecule has 3 heteroatoms. The van der Waals surface area contributed by atoms with Gasteiger partial charge in [0.05, 0.1) is 6.61 Å². The molecule has 21 heavy (non-hydrogen) atoms. The molecular weight excluding hydrogens is 280 g/mol. The summed E-state index contributed by atoms with van der Waals surface area (Å²) in [5.41, 5.74) is 1.55. The van der Waals surface area contributed by atoms with E-state index in [1.54, 1.807) is 30.0 Å². The lowest BCUT2D eigenvalue weighted by Gasteiger charge is -2.19. The van der Waals surface area contributed by atoms with Crippen LogP contribution in [0.2, 0.25) is 0 Å². The number of hydrogen-bond donors (Lipinski definition) is 1. The zero-order valence-electron chi connectivity index (χ0n) is 12.8. The summed E-state index contributed by atoms with van der Waals surface area (Å²) < 4.78 is 5.61. The van der Waals surface area contributed by atoms with Crippen LogP contribution in [0.25, 0.3) is 0 Å². The van der Waals surface area contributed by atoms with Crippen LogP contribution in [0.15, 0.2) is 53.4 Å². The van der Waals surface area contributed by atoms with Gasteiger partial charge in [0, 0.05) is 16.7 Å². The number of thioether (sulfide) groups is 1. The number of ether oxygens (including phenoxy) is 1. The molecule has 0 fully saturated rings. The molecule has 0 unspecified atom stereocenters. The summed E-state index contributed by atoms with van der Waals surface area (Å²) in [7, 11) is 0. The summed E-state index contributed by atoms with van der Waals surface area (Å²) in [5.74, 6) is 1.82. The van der Waals surface area contributed by atoms with Crippen molar-refractivity contribution in [1.29, 1.82) is 0 Å². The Hall–Kier alpha value is -1.61. The van der Waals surface area contributed by atoms with Crippen molar-refractivity contribution in [3.63, 3.8) is 0 Å². The third-order valence-corrected chi connectivity index (χ3v) is 4.14. The largest absolute Gasteiger partial charge is 0.508 e. The van der Waals surface area contributed by atoms with Crippen LogP contribution >= 0.6 is 11.8 Å². The van der Waals surface area contributed by atoms with Gasteiger partial charge in [-0.15, -0.1) is 11.8 Å². The van der Waals surface area contributed by atoms with Crippen LogP contribution < -0.4 is 4.74 Å². The van der Waals surface area contributed by atoms with Gasteiger partial charge in [0.25, 0.3) is 0 Å². The number of rotatable bonds is 5. The van der Waals surface area contributed by atoms with E-state index in [4.69, 9.17) is 4.74 Å². The van der Waals surface area contributed by atoms with Crippen molar-refractivity contribution < 1.29 is 9.84 Å². The summed E-state index contributed by atoms with van der Waals surface area (Å²) in [6, 6.07) is 15.6. The molecule has 0 saturated heterocycles. The highest BCUT2D eigenvalue weighted by molar-refractivity contribution is 7.99. The first kappa shape index (κ1) is 15.8. The van der Waals surface area contributed by atoms with Crippen molar-refractivity contribution >= 4 is 11.8 Å². The van der Waals surface area contributed by atoms with Gasteiger partial charge in [-0.2, -0.15) is 0 Å². The molecule has 2 aromatic carbocycles. The van der Waals surface area contributed by atoms with Gasteiger partial charge >= 0.3 is 0 Å². The molecule has 1 N–H and O–H groups in total. The quantitative estimate of drug-likeness (QED) is 0.631. The van der Waals surface area contributed by atoms with E-state index >= 15 is 0 Å². The Balaban J connectivity index is 1.79. The monoisotopic (exact) mass is 302 g/mol. The molecule has 0 aromatic heterocycles. The molecule has 0 amide bonds. The molecule has 0 heterocycles. The van der Waals surface area contributed by atoms with Crippen molar-refractivity contribution in [1.82, 2.24) is 0 Å². The molecule has 2 rings (SSSR count). The van der Waals surface area contributed by atoms with Gasteiger partial charge < -0.3 is 9.84 Å². The first-order valence-corrected chi connectivity index (χ1v) is 8.09. The lowest BCUT2D eigenvalue weighted by atomic mass is 9.87. The Morgan fingerprint density at radius 1 is 1.05 bits per heavy atom. The molecule has 0 aliphatic carbocycles. The molecule has 0 spiro atoms. The summed E-state index contributed by atoms with van der Waals surface area (Å²) in [6.07, 6.45) is 0. The van der Waals surface area contributed by atoms with Crippen LogP contribution in [0.1, 0.15) is 26.3 Å². The average Bonchev–Trinajstić information content (AvgIpc) is 2.43. The molecule has 0 aliphatic rings. The van der Waals surface area contributed by atoms with Crippen LogP contribution in [0.5, 0.6) is 11.5 Å². The summed E-state index contributed by atoms with van der Waals surface area (Å²) >= 11 is 1.78. The minimum atomic E-state index is 0.196. The van der Waals surface area contributed by atoms with Crippen LogP contribution in [-0.4, -0.2) is 17.5 Å². The van der Waals surface area contributed by atoms with Crippen LogP contribution in [0, 0.1) is 0 Å². The Kier molecular flexibility index (Phi) is 5.18. The molecule has 2 nitrogen and oxygen atoms in total. The zero-order valence-corrected chi connectivity index (χ0v) is 13.6. The first-order valence-electron chi connectivity index (χ1n) is 7.10. The first-order chi connectivity index (χ1) is 9.95. The van der Waals surface area contributed by atoms with E-state index in [0.29, 0.717) is 12.4 Å². The van der Waals surface area contributed by atoms with Crippen LogP contribution in [0.3, 0.4) is 0 Å². The van der Waals surface area contributed by atoms with Gasteiger partial charge in [-0.3, -0.25) is 0 Å². The van der Waals surface area contributed by atoms with Crippen molar-refractivity contribution in [2.45, 2.75) is 31.1 Å². The van der Waals surface area contributed by atoms with Crippen molar-refractivity contribution in [2.24, 2.45) is 0 Å². The maximum absolute atomic E-state index is 9.35. The fraction of sp³-hybridized carbons (Fsp3) is 0.333. The minimum Gasteiger partial charge on any atom is -0.508 e. The van der Waals surface area contributed by atoms with Crippen molar-refractivity contribution in [3.05, 3.63) is 54.1 Å². The molecule has 0 atom stereocenters. The fourth-order valence-corrected chi connectivity index (χ4v) is 2.67. The fourth-order valence-electron chi connectivity index (χ4n) is 1.94. The number of hydrogen-bond acceptors (Lipinski definition) is 3. The third kappa shape index (κ3) is 5.01. The van der Waals surface area contributed by atoms with Gasteiger partial charge in [-0.05, 0) is 35.2 Å². The second-order valence-corrected chi connectivity index (χ2v) is 7.14. The number of phenolic OH excluding ortho intramolecular Hbond substituents is 1. The highest BCUT2D eigenvalue weighted by Crippen LogP contribution is 2.25. The molecular formula is C18H22O2S. The second-order valence-electron chi connectivity index (χ2n) is 5.97. The van der Waals surface area contributed by atoms with E-state index in [1.165, 1.54) is 10.5 Å². The zero-order chi connectivity index (χ0) is 15.3. The highest BCUT2D eigenvalue weighted by Gasteiger charge is 2.12. The predicted molar refractivity (Wildman–Crippen MR) is 89.5 cm³/mol. The topological polar surface area (TPSA) is 29.5 Å². The minimum absolute atomic E-state index is 0.196. The van der Waals surface area contributed by atoms with Gasteiger partial charge in [-0.25, -0.2) is 0 Å². The maximum atomic E-state index is 9.35. The van der Waals surface area contributed by atoms with E-state index in [0.717, 1.165) is 5.75 Å². The Labute approximate surface area is 131 Å². The highest BCUT2D eigenvalue weighted by atomic mass is 32.2. The van der Waals surface area contributed by atoms with Gasteiger partial charge in [-0.1, -0.05) is 39.0 Å². The number of benzene rings is 2. The Bertz CT molecular complexity index is 571. The standard InChI is InChI=1S/C18H22O2S/c1-18(2,3)14-7-9-17(10-8-14)21-12-11-20-16-6-4-5-15(19)13-16/h4-10,13,19H,11-12H2,1-3H3. The molecule has 0 aliphatic heterocycles. The maximum Gasteiger partial charge on any atom is 0.123 e. The van der Waals surface area contributed by atoms with E-state index in [9.17, 15) is 5.11 Å². The second kappa shape index (κ2) is 6.90. The Morgan fingerprint density at radius 3 is 2.38 bits per heavy atom. The lowest BCUT2D eigenvalue weighted by Crippen LogP contribution is -2.10. The summed E-state index contributed by atoms with van der Waals surface area (Å²) in [6.45, 7) is 7.28. The average molecular weight is 302 g/mol. The van der Waals surface area contributed by atoms with Crippen LogP contribution in [0.4, 0.5) is 0 Å². The van der Waals surface area contributed by atoms with E-state index < -0.39 is 0 Å². The van der Waals surface area contributed by atoms with E-state index in [2.05, 4.69) is 45.0 Å². The normalized spacial score (nSPS) is 11.4. The summed E-state index contributed by atoms with van der Waals surface area (Å²) in [5, 5.41) is 9.35. The third-order valence-electron chi connectivity index (χ3n) is 3.16. The summed E-state index contributed by atoms with van der Waals surface area (Å²) in [4.78, 5) is 1.25. The molecule has 0 saturated carbocycles. The van der Waals surface area contributed by atoms with Gasteiger partial charge in [0.2, 0.25) is 0 Å². The predicted octanol–water partition coefficient (Wildman–Crippen LogP) is 4.86. The molecule has 0 radical (unpaired) electrons. The lowest BCUT2D eigenvalue weighted by molar-refractivity contribution is 0.341. The number of aromatic hydroxyl groups is 1. The molecule has 0 bridgehead atoms. The molecule has 2 aromatic rings. The smallest absolute Gasteiger partial charge is 0.123 e. The van der Waals surface area contributed by atoms with E-state index in [-0.39, 0.29) is 11.2 Å². The van der Waals surface area contributed by atoms with Gasteiger partial charge in [0.1, 0.15) is 11.5 Å². The SMILES string of the molecule is CC(C)(C)c1ccc(SCCOc2cccc(O)c2)cc1. The Morgan fingerprint density at radius 2 is 1.76 bits per heavy atom. The van der Waals surface area contributed by atoms with Crippen molar-refractivity contribution in [3.8, 4) is 11.5 Å². The molecule has 112 valence electrons. The number of phenols is 1. The van der Waals surface area contributed by atoms with Gasteiger partial charge in [0.15, 0.2) is 0 Å². The van der Waals surface area contributed by atoms with E-state index in [1.807, 2.05) is 6.07 Å².